The highest BCUT2D eigenvalue weighted by Gasteiger charge is 2.33. The summed E-state index contributed by atoms with van der Waals surface area (Å²) in [6.07, 6.45) is 6.36. The molecule has 0 bridgehead atoms. The molecule has 1 saturated carbocycles. The van der Waals surface area contributed by atoms with Gasteiger partial charge in [-0.1, -0.05) is 6.42 Å². The third-order valence-corrected chi connectivity index (χ3v) is 3.33. The van der Waals surface area contributed by atoms with Gasteiger partial charge in [-0.25, -0.2) is 9.78 Å². The Bertz CT molecular complexity index is 485. The van der Waals surface area contributed by atoms with Crippen LogP contribution in [0.3, 0.4) is 0 Å². The van der Waals surface area contributed by atoms with Gasteiger partial charge < -0.3 is 16.4 Å². The van der Waals surface area contributed by atoms with Crippen molar-refractivity contribution >= 4 is 11.8 Å². The van der Waals surface area contributed by atoms with E-state index in [2.05, 4.69) is 15.6 Å². The predicted octanol–water partition coefficient (Wildman–Crippen LogP) is 1.69. The van der Waals surface area contributed by atoms with E-state index in [1.54, 1.807) is 12.1 Å². The average Bonchev–Trinajstić information content (AvgIpc) is 2.39. The summed E-state index contributed by atoms with van der Waals surface area (Å²) in [5.74, 6) is 0.634. The number of carbonyl (C=O) groups excluding carboxylic acids is 1. The van der Waals surface area contributed by atoms with Crippen molar-refractivity contribution in [3.63, 3.8) is 0 Å². The molecule has 6 nitrogen and oxygen atoms in total. The van der Waals surface area contributed by atoms with Crippen molar-refractivity contribution in [2.45, 2.75) is 37.8 Å². The molecule has 0 aliphatic heterocycles. The molecule has 0 saturated heterocycles. The highest BCUT2D eigenvalue weighted by molar-refractivity contribution is 5.73. The van der Waals surface area contributed by atoms with E-state index in [9.17, 15) is 4.79 Å². The zero-order chi connectivity index (χ0) is 13.7. The van der Waals surface area contributed by atoms with Crippen LogP contribution < -0.4 is 16.4 Å². The maximum Gasteiger partial charge on any atom is 0.313 e. The summed E-state index contributed by atoms with van der Waals surface area (Å²) >= 11 is 0. The number of nitrogens with two attached hydrogens (primary N) is 1. The van der Waals surface area contributed by atoms with Crippen molar-refractivity contribution in [2.24, 2.45) is 5.73 Å². The quantitative estimate of drug-likeness (QED) is 0.718. The minimum Gasteiger partial charge on any atom is -0.352 e. The van der Waals surface area contributed by atoms with Gasteiger partial charge in [0.15, 0.2) is 0 Å². The van der Waals surface area contributed by atoms with Crippen LogP contribution >= 0.6 is 0 Å². The standard InChI is InChI=1S/C13H17N5O/c14-8-10-4-5-11(16-9-10)17-13(18-12(15)19)6-2-1-3-7-13/h4-5,9H,1-3,6-7H2,(H,16,17)(H3,15,18,19). The lowest BCUT2D eigenvalue weighted by atomic mass is 9.89. The largest absolute Gasteiger partial charge is 0.352 e. The Morgan fingerprint density at radius 2 is 2.11 bits per heavy atom. The predicted molar refractivity (Wildman–Crippen MR) is 71.1 cm³/mol. The van der Waals surface area contributed by atoms with Gasteiger partial charge >= 0.3 is 6.03 Å². The molecular formula is C13H17N5O. The van der Waals surface area contributed by atoms with Gasteiger partial charge in [-0.05, 0) is 37.8 Å². The Hall–Kier alpha value is -2.29. The second-order valence-corrected chi connectivity index (χ2v) is 4.80. The molecule has 6 heteroatoms. The van der Waals surface area contributed by atoms with Crippen molar-refractivity contribution in [2.75, 3.05) is 5.32 Å². The summed E-state index contributed by atoms with van der Waals surface area (Å²) in [4.78, 5) is 15.3. The molecule has 0 unspecified atom stereocenters. The fourth-order valence-corrected chi connectivity index (χ4v) is 2.45. The van der Waals surface area contributed by atoms with Crippen molar-refractivity contribution in [3.8, 4) is 6.07 Å². The summed E-state index contributed by atoms with van der Waals surface area (Å²) in [6, 6.07) is 4.90. The van der Waals surface area contributed by atoms with Crippen molar-refractivity contribution in [1.29, 1.82) is 5.26 Å². The number of nitrogens with one attached hydrogen (secondary N) is 2. The molecule has 2 amide bonds. The Kier molecular flexibility index (Phi) is 3.85. The summed E-state index contributed by atoms with van der Waals surface area (Å²) < 4.78 is 0. The molecule has 2 rings (SSSR count). The van der Waals surface area contributed by atoms with Gasteiger partial charge in [0.2, 0.25) is 0 Å². The maximum atomic E-state index is 11.2. The van der Waals surface area contributed by atoms with Crippen molar-refractivity contribution in [1.82, 2.24) is 10.3 Å². The van der Waals surface area contributed by atoms with Gasteiger partial charge in [-0.15, -0.1) is 0 Å². The third-order valence-electron chi connectivity index (χ3n) is 3.33. The zero-order valence-corrected chi connectivity index (χ0v) is 10.6. The number of nitrogens with zero attached hydrogens (tertiary/aromatic N) is 2. The zero-order valence-electron chi connectivity index (χ0n) is 10.6. The Balaban J connectivity index is 2.14. The maximum absolute atomic E-state index is 11.2. The summed E-state index contributed by atoms with van der Waals surface area (Å²) in [7, 11) is 0. The minimum atomic E-state index is -0.539. The lowest BCUT2D eigenvalue weighted by Crippen LogP contribution is -2.57. The molecule has 1 aromatic heterocycles. The van der Waals surface area contributed by atoms with Crippen LogP contribution in [0.2, 0.25) is 0 Å². The van der Waals surface area contributed by atoms with Crippen LogP contribution in [0.1, 0.15) is 37.7 Å². The average molecular weight is 259 g/mol. The Morgan fingerprint density at radius 1 is 1.37 bits per heavy atom. The van der Waals surface area contributed by atoms with E-state index in [-0.39, 0.29) is 0 Å². The Labute approximate surface area is 112 Å². The number of anilines is 1. The third kappa shape index (κ3) is 3.35. The molecule has 1 aliphatic carbocycles. The molecule has 0 spiro atoms. The first-order valence-electron chi connectivity index (χ1n) is 6.35. The van der Waals surface area contributed by atoms with E-state index in [4.69, 9.17) is 11.0 Å². The molecule has 1 heterocycles. The van der Waals surface area contributed by atoms with Crippen LogP contribution in [0, 0.1) is 11.3 Å². The lowest BCUT2D eigenvalue weighted by Gasteiger charge is -2.38. The lowest BCUT2D eigenvalue weighted by molar-refractivity contribution is 0.222. The second kappa shape index (κ2) is 5.57. The number of carbonyl (C=O) groups is 1. The molecule has 1 aromatic rings. The van der Waals surface area contributed by atoms with Crippen molar-refractivity contribution < 1.29 is 4.79 Å². The number of nitriles is 1. The smallest absolute Gasteiger partial charge is 0.313 e. The monoisotopic (exact) mass is 259 g/mol. The fraction of sp³-hybridized carbons (Fsp3) is 0.462. The van der Waals surface area contributed by atoms with E-state index in [0.717, 1.165) is 32.1 Å². The van der Waals surface area contributed by atoms with Crippen LogP contribution in [0.15, 0.2) is 18.3 Å². The number of rotatable bonds is 3. The van der Waals surface area contributed by atoms with E-state index in [0.29, 0.717) is 11.4 Å². The van der Waals surface area contributed by atoms with Crippen LogP contribution in [0.4, 0.5) is 10.6 Å². The fourth-order valence-electron chi connectivity index (χ4n) is 2.45. The molecule has 1 fully saturated rings. The number of amides is 2. The number of hydrogen-bond donors (Lipinski definition) is 3. The first-order chi connectivity index (χ1) is 9.13. The van der Waals surface area contributed by atoms with Gasteiger partial charge in [0, 0.05) is 6.20 Å². The van der Waals surface area contributed by atoms with E-state index < -0.39 is 11.7 Å². The minimum absolute atomic E-state index is 0.506. The van der Waals surface area contributed by atoms with Gasteiger partial charge in [-0.2, -0.15) is 5.26 Å². The molecule has 19 heavy (non-hydrogen) atoms. The number of primary amides is 1. The summed E-state index contributed by atoms with van der Waals surface area (Å²) in [6.45, 7) is 0. The van der Waals surface area contributed by atoms with Crippen LogP contribution in [0.5, 0.6) is 0 Å². The molecule has 0 aromatic carbocycles. The van der Waals surface area contributed by atoms with Gasteiger partial charge in [0.05, 0.1) is 5.56 Å². The first kappa shape index (κ1) is 13.1. The van der Waals surface area contributed by atoms with Crippen molar-refractivity contribution in [3.05, 3.63) is 23.9 Å². The number of hydrogen-bond acceptors (Lipinski definition) is 4. The van der Waals surface area contributed by atoms with Gasteiger partial charge in [0.25, 0.3) is 0 Å². The molecule has 4 N–H and O–H groups in total. The molecule has 0 atom stereocenters. The van der Waals surface area contributed by atoms with Gasteiger partial charge in [-0.3, -0.25) is 0 Å². The van der Waals surface area contributed by atoms with Crippen LogP contribution in [0.25, 0.3) is 0 Å². The van der Waals surface area contributed by atoms with E-state index in [1.165, 1.54) is 6.20 Å². The Morgan fingerprint density at radius 3 is 2.63 bits per heavy atom. The van der Waals surface area contributed by atoms with E-state index >= 15 is 0 Å². The molecule has 1 aliphatic rings. The topological polar surface area (TPSA) is 104 Å². The van der Waals surface area contributed by atoms with E-state index in [1.807, 2.05) is 6.07 Å². The number of aromatic nitrogens is 1. The van der Waals surface area contributed by atoms with Crippen LogP contribution in [-0.2, 0) is 0 Å². The van der Waals surface area contributed by atoms with Crippen LogP contribution in [-0.4, -0.2) is 16.7 Å². The second-order valence-electron chi connectivity index (χ2n) is 4.80. The molecule has 100 valence electrons. The normalized spacial score (nSPS) is 17.2. The summed E-state index contributed by atoms with van der Waals surface area (Å²) in [5.41, 5.74) is 5.24. The van der Waals surface area contributed by atoms with Gasteiger partial charge in [0.1, 0.15) is 17.5 Å². The first-order valence-corrected chi connectivity index (χ1v) is 6.35. The summed E-state index contributed by atoms with van der Waals surface area (Å²) in [5, 5.41) is 14.8. The highest BCUT2D eigenvalue weighted by Crippen LogP contribution is 2.29. The number of pyridine rings is 1. The SMILES string of the molecule is N#Cc1ccc(NC2(NC(N)=O)CCCCC2)nc1. The molecule has 0 radical (unpaired) electrons. The molecular weight excluding hydrogens is 242 g/mol. The highest BCUT2D eigenvalue weighted by atomic mass is 16.2. The number of urea groups is 1.